The number of ketones is 2. The summed E-state index contributed by atoms with van der Waals surface area (Å²) in [6, 6.07) is 0. The van der Waals surface area contributed by atoms with Crippen LogP contribution in [0.15, 0.2) is 12.2 Å². The number of hydrogen-bond acceptors (Lipinski definition) is 6. The molecule has 6 nitrogen and oxygen atoms in total. The Kier molecular flexibility index (Phi) is 5.00. The van der Waals surface area contributed by atoms with Crippen LogP contribution in [0.25, 0.3) is 0 Å². The number of carbonyl (C=O) groups is 4. The van der Waals surface area contributed by atoms with Crippen molar-refractivity contribution in [3.63, 3.8) is 0 Å². The van der Waals surface area contributed by atoms with Gasteiger partial charge in [-0.1, -0.05) is 26.0 Å². The lowest BCUT2D eigenvalue weighted by Gasteiger charge is -2.63. The minimum Gasteiger partial charge on any atom is -0.456 e. The van der Waals surface area contributed by atoms with Crippen molar-refractivity contribution in [3.8, 4) is 0 Å². The summed E-state index contributed by atoms with van der Waals surface area (Å²) in [5, 5.41) is 0. The maximum absolute atomic E-state index is 13.1. The van der Waals surface area contributed by atoms with Crippen LogP contribution in [0.4, 0.5) is 0 Å². The third-order valence-corrected chi connectivity index (χ3v) is 12.1. The van der Waals surface area contributed by atoms with Gasteiger partial charge in [0.25, 0.3) is 0 Å². The van der Waals surface area contributed by atoms with Crippen molar-refractivity contribution in [2.24, 2.45) is 64.6 Å². The molecule has 0 spiro atoms. The molecule has 0 aromatic carbocycles. The molecule has 8 bridgehead atoms. The first kappa shape index (κ1) is 23.2. The first-order chi connectivity index (χ1) is 17.3. The highest BCUT2D eigenvalue weighted by Gasteiger charge is 2.70. The zero-order valence-electron chi connectivity index (χ0n) is 21.4. The zero-order chi connectivity index (χ0) is 25.0. The Labute approximate surface area is 212 Å². The van der Waals surface area contributed by atoms with Gasteiger partial charge in [-0.2, -0.15) is 0 Å². The maximum atomic E-state index is 13.1. The van der Waals surface area contributed by atoms with E-state index in [1.165, 1.54) is 19.3 Å². The monoisotopic (exact) mass is 494 g/mol. The van der Waals surface area contributed by atoms with Gasteiger partial charge in [-0.3, -0.25) is 14.4 Å². The van der Waals surface area contributed by atoms with Crippen molar-refractivity contribution in [2.75, 3.05) is 6.61 Å². The molecule has 7 saturated carbocycles. The van der Waals surface area contributed by atoms with Crippen molar-refractivity contribution < 1.29 is 28.7 Å². The van der Waals surface area contributed by atoms with Gasteiger partial charge >= 0.3 is 11.9 Å². The fraction of sp³-hybridized carbons (Fsp3) is 0.800. The highest BCUT2D eigenvalue weighted by molar-refractivity contribution is 6.01. The van der Waals surface area contributed by atoms with Crippen molar-refractivity contribution in [2.45, 2.75) is 77.2 Å². The second-order valence-electron chi connectivity index (χ2n) is 13.4. The van der Waals surface area contributed by atoms with Crippen LogP contribution in [0.3, 0.4) is 0 Å². The lowest BCUT2D eigenvalue weighted by atomic mass is 9.44. The lowest BCUT2D eigenvalue weighted by molar-refractivity contribution is -0.215. The minimum absolute atomic E-state index is 0.0544. The zero-order valence-corrected chi connectivity index (χ0v) is 21.4. The van der Waals surface area contributed by atoms with E-state index in [0.29, 0.717) is 6.42 Å². The Bertz CT molecular complexity index is 1020. The number of rotatable bonds is 7. The van der Waals surface area contributed by atoms with Gasteiger partial charge in [-0.15, -0.1) is 0 Å². The summed E-state index contributed by atoms with van der Waals surface area (Å²) in [6.07, 6.45) is 13.4. The molecule has 0 aliphatic heterocycles. The molecule has 7 atom stereocenters. The van der Waals surface area contributed by atoms with E-state index in [1.807, 2.05) is 12.2 Å². The molecular formula is C30H38O6. The van der Waals surface area contributed by atoms with Gasteiger partial charge in [0.1, 0.15) is 17.2 Å². The smallest absolute Gasteiger partial charge is 0.344 e. The van der Waals surface area contributed by atoms with Gasteiger partial charge < -0.3 is 9.47 Å². The molecule has 36 heavy (non-hydrogen) atoms. The molecule has 0 aromatic heterocycles. The molecule has 0 saturated heterocycles. The first-order valence-electron chi connectivity index (χ1n) is 14.4. The summed E-state index contributed by atoms with van der Waals surface area (Å²) in [5.74, 6) is 0.105. The van der Waals surface area contributed by atoms with Crippen molar-refractivity contribution in [3.05, 3.63) is 12.2 Å². The summed E-state index contributed by atoms with van der Waals surface area (Å²) in [6.45, 7) is 3.86. The molecule has 8 aliphatic carbocycles. The third-order valence-electron chi connectivity index (χ3n) is 12.1. The highest BCUT2D eigenvalue weighted by atomic mass is 16.6. The Hall–Kier alpha value is -1.98. The molecule has 0 aromatic rings. The van der Waals surface area contributed by atoms with Crippen molar-refractivity contribution >= 4 is 23.5 Å². The van der Waals surface area contributed by atoms with Gasteiger partial charge in [0.2, 0.25) is 0 Å². The fourth-order valence-electron chi connectivity index (χ4n) is 11.2. The molecule has 6 heteroatoms. The molecule has 8 rings (SSSR count). The predicted molar refractivity (Wildman–Crippen MR) is 129 cm³/mol. The molecular weight excluding hydrogens is 456 g/mol. The summed E-state index contributed by atoms with van der Waals surface area (Å²) in [4.78, 5) is 51.8. The highest BCUT2D eigenvalue weighted by Crippen LogP contribution is 2.66. The molecule has 0 radical (unpaired) electrons. The Morgan fingerprint density at radius 1 is 0.889 bits per heavy atom. The van der Waals surface area contributed by atoms with Crippen LogP contribution in [0.1, 0.15) is 71.6 Å². The SMILES string of the molecule is CCC(CC)(OC(=O)COC(=O)C1CC2C(=O)C1C1C3C=CC(C3=O)C21)C12CC3CC(CC(C3)C1)C2. The van der Waals surface area contributed by atoms with Crippen LogP contribution in [0.2, 0.25) is 0 Å². The number of esters is 2. The summed E-state index contributed by atoms with van der Waals surface area (Å²) in [7, 11) is 0. The molecule has 7 unspecified atom stereocenters. The van der Waals surface area contributed by atoms with Gasteiger partial charge in [0, 0.05) is 29.1 Å². The van der Waals surface area contributed by atoms with Crippen molar-refractivity contribution in [1.29, 1.82) is 0 Å². The lowest BCUT2D eigenvalue weighted by Crippen LogP contribution is -2.59. The van der Waals surface area contributed by atoms with E-state index in [1.54, 1.807) is 0 Å². The number of allylic oxidation sites excluding steroid dienone is 2. The number of fused-ring (bicyclic) bond motifs is 9. The number of ether oxygens (including phenoxy) is 2. The third kappa shape index (κ3) is 2.90. The van der Waals surface area contributed by atoms with E-state index in [4.69, 9.17) is 9.47 Å². The van der Waals surface area contributed by atoms with Gasteiger partial charge in [0.15, 0.2) is 6.61 Å². The standard InChI is InChI=1S/C30H38O6/c1-3-30(4-2,29-11-15-7-16(12-29)9-17(8-15)13-29)36-22(31)14-35-28(34)21-10-20-23-18-5-6-19(26(18)32)24(23)25(21)27(20)33/h5-6,15-21,23-25H,3-4,7-14H2,1-2H3. The van der Waals surface area contributed by atoms with E-state index in [0.717, 1.165) is 49.9 Å². The second kappa shape index (κ2) is 7.77. The average molecular weight is 495 g/mol. The molecule has 8 aliphatic rings. The Balaban J connectivity index is 1.02. The van der Waals surface area contributed by atoms with Gasteiger partial charge in [-0.25, -0.2) is 4.79 Å². The molecule has 7 fully saturated rings. The van der Waals surface area contributed by atoms with Crippen LogP contribution < -0.4 is 0 Å². The first-order valence-corrected chi connectivity index (χ1v) is 14.4. The minimum atomic E-state index is -0.539. The van der Waals surface area contributed by atoms with Crippen LogP contribution in [-0.4, -0.2) is 35.7 Å². The Morgan fingerprint density at radius 3 is 2.06 bits per heavy atom. The van der Waals surface area contributed by atoms with Gasteiger partial charge in [0.05, 0.1) is 5.92 Å². The molecule has 0 amide bonds. The summed E-state index contributed by atoms with van der Waals surface area (Å²) >= 11 is 0. The van der Waals surface area contributed by atoms with E-state index in [2.05, 4.69) is 13.8 Å². The van der Waals surface area contributed by atoms with Crippen LogP contribution in [0, 0.1) is 64.6 Å². The average Bonchev–Trinajstić information content (AvgIpc) is 3.55. The predicted octanol–water partition coefficient (Wildman–Crippen LogP) is 4.30. The summed E-state index contributed by atoms with van der Waals surface area (Å²) < 4.78 is 11.8. The van der Waals surface area contributed by atoms with E-state index >= 15 is 0 Å². The number of carbonyl (C=O) groups excluding carboxylic acids is 4. The quantitative estimate of drug-likeness (QED) is 0.298. The van der Waals surface area contributed by atoms with E-state index in [9.17, 15) is 19.2 Å². The maximum Gasteiger partial charge on any atom is 0.344 e. The van der Waals surface area contributed by atoms with E-state index < -0.39 is 36.0 Å². The normalized spacial score (nSPS) is 47.1. The van der Waals surface area contributed by atoms with Crippen LogP contribution >= 0.6 is 0 Å². The second-order valence-corrected chi connectivity index (χ2v) is 13.4. The van der Waals surface area contributed by atoms with Gasteiger partial charge in [-0.05, 0) is 87.4 Å². The topological polar surface area (TPSA) is 86.7 Å². The van der Waals surface area contributed by atoms with E-state index in [-0.39, 0.29) is 46.6 Å². The molecule has 0 heterocycles. The number of hydrogen-bond donors (Lipinski definition) is 0. The number of Topliss-reactive ketones (excluding diaryl/α,β-unsaturated/α-hetero) is 2. The molecule has 194 valence electrons. The van der Waals surface area contributed by atoms with Crippen LogP contribution in [-0.2, 0) is 28.7 Å². The Morgan fingerprint density at radius 2 is 1.47 bits per heavy atom. The fourth-order valence-corrected chi connectivity index (χ4v) is 11.2. The summed E-state index contributed by atoms with van der Waals surface area (Å²) in [5.41, 5.74) is -0.448. The van der Waals surface area contributed by atoms with Crippen LogP contribution in [0.5, 0.6) is 0 Å². The largest absolute Gasteiger partial charge is 0.456 e. The molecule has 0 N–H and O–H groups in total. The van der Waals surface area contributed by atoms with Crippen molar-refractivity contribution in [1.82, 2.24) is 0 Å².